The summed E-state index contributed by atoms with van der Waals surface area (Å²) in [7, 11) is 0. The molecule has 42 heavy (non-hydrogen) atoms. The molecule has 0 unspecified atom stereocenters. The average Bonchev–Trinajstić information content (AvgIpc) is 3.74. The first-order chi connectivity index (χ1) is 20.7. The second-order valence-electron chi connectivity index (χ2n) is 9.34. The van der Waals surface area contributed by atoms with E-state index in [1.165, 1.54) is 0 Å². The fourth-order valence-electron chi connectivity index (χ4n) is 5.03. The zero-order valence-corrected chi connectivity index (χ0v) is 23.5. The van der Waals surface area contributed by atoms with E-state index in [1.54, 1.807) is 22.7 Å². The predicted octanol–water partition coefficient (Wildman–Crippen LogP) is 8.22. The lowest BCUT2D eigenvalue weighted by Gasteiger charge is -2.22. The molecule has 3 heterocycles. The molecule has 0 bridgehead atoms. The first kappa shape index (κ1) is 25.4. The van der Waals surface area contributed by atoms with Gasteiger partial charge >= 0.3 is 0 Å². The quantitative estimate of drug-likeness (QED) is 0.198. The Hall–Kier alpha value is -5.54. The summed E-state index contributed by atoms with van der Waals surface area (Å²) in [4.78, 5) is 22.8. The number of fused-ring (bicyclic) bond motifs is 2. The minimum atomic E-state index is 0.413. The molecule has 0 aliphatic heterocycles. The summed E-state index contributed by atoms with van der Waals surface area (Å²) in [6, 6.07) is 36.2. The number of benzene rings is 3. The highest BCUT2D eigenvalue weighted by atomic mass is 32.1. The van der Waals surface area contributed by atoms with Crippen molar-refractivity contribution in [3.05, 3.63) is 132 Å². The Morgan fingerprint density at radius 1 is 0.452 bits per heavy atom. The van der Waals surface area contributed by atoms with E-state index in [-0.39, 0.29) is 0 Å². The van der Waals surface area contributed by atoms with Gasteiger partial charge in [-0.2, -0.15) is 20.5 Å². The van der Waals surface area contributed by atoms with Gasteiger partial charge in [-0.1, -0.05) is 84.9 Å². The lowest BCUT2D eigenvalue weighted by Crippen LogP contribution is -2.25. The van der Waals surface area contributed by atoms with Gasteiger partial charge in [0.2, 0.25) is 12.4 Å². The normalized spacial score (nSPS) is 13.8. The third-order valence-corrected chi connectivity index (χ3v) is 9.18. The highest BCUT2D eigenvalue weighted by molar-refractivity contribution is 7.19. The van der Waals surface area contributed by atoms with Crippen LogP contribution in [0.3, 0.4) is 0 Å². The molecule has 0 spiro atoms. The molecule has 8 heteroatoms. The largest absolute Gasteiger partial charge is 0.241 e. The Morgan fingerprint density at radius 3 is 1.24 bits per heavy atom. The summed E-state index contributed by atoms with van der Waals surface area (Å²) >= 11 is 3.26. The minimum Gasteiger partial charge on any atom is -0.241 e. The van der Waals surface area contributed by atoms with Gasteiger partial charge < -0.3 is 0 Å². The van der Waals surface area contributed by atoms with Crippen molar-refractivity contribution in [1.29, 1.82) is 10.5 Å². The summed E-state index contributed by atoms with van der Waals surface area (Å²) in [5, 5.41) is 19.3. The minimum absolute atomic E-state index is 0.413. The van der Waals surface area contributed by atoms with Crippen LogP contribution in [0.15, 0.2) is 119 Å². The maximum Gasteiger partial charge on any atom is 0.206 e. The van der Waals surface area contributed by atoms with Crippen molar-refractivity contribution in [1.82, 2.24) is 9.97 Å². The molecule has 3 aromatic carbocycles. The van der Waals surface area contributed by atoms with Gasteiger partial charge in [0, 0.05) is 20.9 Å². The summed E-state index contributed by atoms with van der Waals surface area (Å²) in [6.07, 6.45) is 3.88. The molecule has 6 aromatic rings. The van der Waals surface area contributed by atoms with Gasteiger partial charge in [-0.05, 0) is 35.4 Å². The zero-order chi connectivity index (χ0) is 28.5. The van der Waals surface area contributed by atoms with Gasteiger partial charge in [0.05, 0.1) is 9.75 Å². The Kier molecular flexibility index (Phi) is 6.54. The molecule has 1 aliphatic rings. The van der Waals surface area contributed by atoms with Crippen LogP contribution in [0.1, 0.15) is 22.5 Å². The molecule has 0 radical (unpaired) electrons. The highest BCUT2D eigenvalue weighted by Crippen LogP contribution is 2.42. The molecule has 7 rings (SSSR count). The van der Waals surface area contributed by atoms with Crippen LogP contribution in [-0.2, 0) is 0 Å². The highest BCUT2D eigenvalue weighted by Gasteiger charge is 2.32. The molecule has 3 aromatic heterocycles. The first-order valence-corrected chi connectivity index (χ1v) is 14.7. The fourth-order valence-corrected chi connectivity index (χ4v) is 7.04. The Labute approximate surface area is 249 Å². The summed E-state index contributed by atoms with van der Waals surface area (Å²) in [6.45, 7) is 0. The van der Waals surface area contributed by atoms with Crippen molar-refractivity contribution >= 4 is 34.1 Å². The number of aliphatic imine (C=N–C) groups is 2. The van der Waals surface area contributed by atoms with Crippen LogP contribution in [0, 0.1) is 22.9 Å². The summed E-state index contributed by atoms with van der Waals surface area (Å²) in [5.41, 5.74) is 6.66. The number of aromatic nitrogens is 2. The van der Waals surface area contributed by atoms with Crippen molar-refractivity contribution < 1.29 is 0 Å². The lowest BCUT2D eigenvalue weighted by molar-refractivity contribution is 1.16. The summed E-state index contributed by atoms with van der Waals surface area (Å²) in [5.74, 6) is 0. The van der Waals surface area contributed by atoms with Gasteiger partial charge in [-0.3, -0.25) is 0 Å². The van der Waals surface area contributed by atoms with Crippen LogP contribution in [0.25, 0.3) is 42.0 Å². The Balaban J connectivity index is 1.49. The van der Waals surface area contributed by atoms with Gasteiger partial charge in [-0.15, -0.1) is 22.7 Å². The maximum absolute atomic E-state index is 9.63. The zero-order valence-electron chi connectivity index (χ0n) is 21.9. The van der Waals surface area contributed by atoms with E-state index in [9.17, 15) is 10.5 Å². The first-order valence-electron chi connectivity index (χ1n) is 13.0. The molecule has 0 atom stereocenters. The lowest BCUT2D eigenvalue weighted by atomic mass is 9.88. The molecule has 0 saturated heterocycles. The maximum atomic E-state index is 9.63. The monoisotopic (exact) mass is 574 g/mol. The van der Waals surface area contributed by atoms with E-state index in [4.69, 9.17) is 9.97 Å². The molecule has 1 aliphatic carbocycles. The number of nitrogens with zero attached hydrogens (tertiary/aromatic N) is 6. The number of thiophene rings is 2. The number of hydrogen-bond acceptors (Lipinski definition) is 8. The van der Waals surface area contributed by atoms with Gasteiger partial charge in [0.1, 0.15) is 34.2 Å². The van der Waals surface area contributed by atoms with Crippen LogP contribution in [-0.4, -0.2) is 21.4 Å². The number of hydrogen-bond donors (Lipinski definition) is 0. The SMILES string of the molecule is N#CN=C1c2ccccc2C(=NC#N)c2nc(-c3ccc(-c4ccccc4)s3)c(-c3ccc(-c4ccccc4)s3)nc21. The molecule has 196 valence electrons. The number of rotatable bonds is 4. The van der Waals surface area contributed by atoms with Crippen molar-refractivity contribution in [2.75, 3.05) is 0 Å². The van der Waals surface area contributed by atoms with Crippen molar-refractivity contribution in [2.45, 2.75) is 0 Å². The second-order valence-corrected chi connectivity index (χ2v) is 11.5. The van der Waals surface area contributed by atoms with E-state index in [2.05, 4.69) is 58.5 Å². The van der Waals surface area contributed by atoms with Crippen LogP contribution in [0.2, 0.25) is 0 Å². The van der Waals surface area contributed by atoms with Gasteiger partial charge in [-0.25, -0.2) is 9.97 Å². The van der Waals surface area contributed by atoms with E-state index < -0.39 is 0 Å². The Bertz CT molecular complexity index is 1960. The van der Waals surface area contributed by atoms with E-state index in [0.29, 0.717) is 45.3 Å². The van der Waals surface area contributed by atoms with Crippen LogP contribution in [0.5, 0.6) is 0 Å². The van der Waals surface area contributed by atoms with E-state index >= 15 is 0 Å². The Morgan fingerprint density at radius 2 is 0.833 bits per heavy atom. The topological polar surface area (TPSA) is 98.1 Å². The smallest absolute Gasteiger partial charge is 0.206 e. The molecule has 0 saturated carbocycles. The second kappa shape index (κ2) is 10.8. The third kappa shape index (κ3) is 4.42. The molecule has 0 fully saturated rings. The molecular weight excluding hydrogens is 557 g/mol. The molecule has 0 amide bonds. The van der Waals surface area contributed by atoms with Crippen molar-refractivity contribution in [2.24, 2.45) is 9.98 Å². The van der Waals surface area contributed by atoms with Crippen LogP contribution >= 0.6 is 22.7 Å². The number of nitriles is 2. The van der Waals surface area contributed by atoms with Crippen LogP contribution in [0.4, 0.5) is 0 Å². The average molecular weight is 575 g/mol. The molecule has 0 N–H and O–H groups in total. The van der Waals surface area contributed by atoms with Gasteiger partial charge in [0.15, 0.2) is 0 Å². The predicted molar refractivity (Wildman–Crippen MR) is 168 cm³/mol. The van der Waals surface area contributed by atoms with Gasteiger partial charge in [0.25, 0.3) is 0 Å². The van der Waals surface area contributed by atoms with E-state index in [1.807, 2.05) is 73.0 Å². The standard InChI is InChI=1S/C34H18N6S2/c35-19-37-29-23-13-7-8-14-24(23)30(38-20-36)34-33(29)39-31(27-17-15-25(41-27)21-9-3-1-4-10-21)32(40-34)28-18-16-26(42-28)22-11-5-2-6-12-22/h1-18H. The molecule has 6 nitrogen and oxygen atoms in total. The third-order valence-electron chi connectivity index (χ3n) is 6.90. The fraction of sp³-hybridized carbons (Fsp3) is 0. The van der Waals surface area contributed by atoms with Crippen LogP contribution < -0.4 is 0 Å². The van der Waals surface area contributed by atoms with E-state index in [0.717, 1.165) is 30.6 Å². The van der Waals surface area contributed by atoms with Crippen molar-refractivity contribution in [3.8, 4) is 54.4 Å². The van der Waals surface area contributed by atoms with Crippen molar-refractivity contribution in [3.63, 3.8) is 0 Å². The molecular formula is C34H18N6S2. The summed E-state index contributed by atoms with van der Waals surface area (Å²) < 4.78 is 0.